The summed E-state index contributed by atoms with van der Waals surface area (Å²) in [6, 6.07) is -0.948. The van der Waals surface area contributed by atoms with Gasteiger partial charge in [0.2, 0.25) is 5.91 Å². The van der Waals surface area contributed by atoms with Gasteiger partial charge in [0.25, 0.3) is 0 Å². The second-order valence-electron chi connectivity index (χ2n) is 4.04. The molecule has 1 heterocycles. The number of carbonyl (C=O) groups excluding carboxylic acids is 1. The van der Waals surface area contributed by atoms with Gasteiger partial charge in [0.15, 0.2) is 0 Å². The van der Waals surface area contributed by atoms with Crippen LogP contribution in [0.25, 0.3) is 0 Å². The Kier molecular flexibility index (Phi) is 5.21. The fourth-order valence-corrected chi connectivity index (χ4v) is 1.76. The number of nitrogens with one attached hydrogen (secondary N) is 1. The van der Waals surface area contributed by atoms with Crippen LogP contribution in [0, 0.1) is 0 Å². The van der Waals surface area contributed by atoms with Crippen LogP contribution in [-0.2, 0) is 9.59 Å². The molecule has 0 aromatic heterocycles. The van der Waals surface area contributed by atoms with E-state index < -0.39 is 12.0 Å². The molecule has 0 saturated carbocycles. The second-order valence-corrected chi connectivity index (χ2v) is 4.04. The van der Waals surface area contributed by atoms with E-state index in [0.29, 0.717) is 6.54 Å². The van der Waals surface area contributed by atoms with Gasteiger partial charge in [-0.25, -0.2) is 0 Å². The van der Waals surface area contributed by atoms with Gasteiger partial charge in [-0.15, -0.1) is 0 Å². The Morgan fingerprint density at radius 1 is 1.38 bits per heavy atom. The van der Waals surface area contributed by atoms with Crippen molar-refractivity contribution in [2.45, 2.75) is 25.3 Å². The van der Waals surface area contributed by atoms with Gasteiger partial charge in [-0.2, -0.15) is 0 Å². The smallest absolute Gasteiger partial charge is 0.305 e. The lowest BCUT2D eigenvalue weighted by Gasteiger charge is -2.16. The number of hydrogen-bond acceptors (Lipinski definition) is 4. The normalized spacial score (nSPS) is 18.3. The molecule has 1 amide bonds. The van der Waals surface area contributed by atoms with E-state index in [0.717, 1.165) is 19.6 Å². The Morgan fingerprint density at radius 3 is 2.56 bits per heavy atom. The first kappa shape index (κ1) is 12.9. The van der Waals surface area contributed by atoms with Crippen LogP contribution in [-0.4, -0.2) is 54.1 Å². The topological polar surface area (TPSA) is 95.7 Å². The first-order valence-corrected chi connectivity index (χ1v) is 5.57. The van der Waals surface area contributed by atoms with Gasteiger partial charge in [0.1, 0.15) is 0 Å². The van der Waals surface area contributed by atoms with Crippen molar-refractivity contribution in [3.8, 4) is 0 Å². The van der Waals surface area contributed by atoms with Gasteiger partial charge in [-0.1, -0.05) is 0 Å². The van der Waals surface area contributed by atoms with Crippen molar-refractivity contribution in [3.63, 3.8) is 0 Å². The van der Waals surface area contributed by atoms with E-state index in [1.807, 2.05) is 0 Å². The number of likely N-dealkylation sites (tertiary alicyclic amines) is 1. The molecule has 1 fully saturated rings. The maximum atomic E-state index is 11.3. The number of aliphatic carboxylic acids is 1. The first-order chi connectivity index (χ1) is 7.59. The standard InChI is InChI=1S/C10H19N3O3/c11-8(7-9(14)15)10(16)12-3-6-13-4-1-2-5-13/h8H,1-7,11H2,(H,12,16)(H,14,15). The number of carboxylic acid groups (broad SMARTS) is 1. The largest absolute Gasteiger partial charge is 0.481 e. The highest BCUT2D eigenvalue weighted by atomic mass is 16.4. The molecule has 1 saturated heterocycles. The molecule has 1 unspecified atom stereocenters. The van der Waals surface area contributed by atoms with Crippen molar-refractivity contribution in [1.82, 2.24) is 10.2 Å². The minimum Gasteiger partial charge on any atom is -0.481 e. The maximum absolute atomic E-state index is 11.3. The number of hydrogen-bond donors (Lipinski definition) is 3. The van der Waals surface area contributed by atoms with Crippen LogP contribution in [0.4, 0.5) is 0 Å². The molecule has 1 aliphatic rings. The zero-order valence-corrected chi connectivity index (χ0v) is 9.32. The molecule has 6 nitrogen and oxygen atoms in total. The summed E-state index contributed by atoms with van der Waals surface area (Å²) in [6.45, 7) is 3.51. The molecule has 6 heteroatoms. The van der Waals surface area contributed by atoms with Gasteiger partial charge in [-0.05, 0) is 25.9 Å². The highest BCUT2D eigenvalue weighted by Crippen LogP contribution is 2.05. The average Bonchev–Trinajstić information content (AvgIpc) is 2.69. The molecule has 0 aromatic rings. The van der Waals surface area contributed by atoms with Crippen molar-refractivity contribution in [2.75, 3.05) is 26.2 Å². The Balaban J connectivity index is 2.11. The fraction of sp³-hybridized carbons (Fsp3) is 0.800. The second kappa shape index (κ2) is 6.44. The van der Waals surface area contributed by atoms with E-state index >= 15 is 0 Å². The van der Waals surface area contributed by atoms with E-state index in [-0.39, 0.29) is 12.3 Å². The van der Waals surface area contributed by atoms with E-state index in [4.69, 9.17) is 10.8 Å². The molecule has 0 bridgehead atoms. The molecule has 0 spiro atoms. The van der Waals surface area contributed by atoms with Crippen molar-refractivity contribution in [1.29, 1.82) is 0 Å². The first-order valence-electron chi connectivity index (χ1n) is 5.57. The van der Waals surface area contributed by atoms with Crippen LogP contribution in [0.1, 0.15) is 19.3 Å². The average molecular weight is 229 g/mol. The Morgan fingerprint density at radius 2 is 2.00 bits per heavy atom. The van der Waals surface area contributed by atoms with Gasteiger partial charge in [0, 0.05) is 13.1 Å². The molecule has 0 radical (unpaired) electrons. The zero-order chi connectivity index (χ0) is 12.0. The highest BCUT2D eigenvalue weighted by Gasteiger charge is 2.17. The molecular formula is C10H19N3O3. The van der Waals surface area contributed by atoms with Gasteiger partial charge in [0.05, 0.1) is 12.5 Å². The number of carbonyl (C=O) groups is 2. The number of amides is 1. The Labute approximate surface area is 94.8 Å². The minimum absolute atomic E-state index is 0.324. The van der Waals surface area contributed by atoms with Crippen molar-refractivity contribution in [2.24, 2.45) is 5.73 Å². The predicted octanol–water partition coefficient (Wildman–Crippen LogP) is -1.000. The lowest BCUT2D eigenvalue weighted by Crippen LogP contribution is -2.44. The summed E-state index contributed by atoms with van der Waals surface area (Å²) in [4.78, 5) is 23.9. The van der Waals surface area contributed by atoms with Crippen LogP contribution in [0.5, 0.6) is 0 Å². The number of rotatable bonds is 6. The summed E-state index contributed by atoms with van der Waals surface area (Å²) in [5, 5.41) is 11.1. The van der Waals surface area contributed by atoms with E-state index in [2.05, 4.69) is 10.2 Å². The number of carboxylic acids is 1. The van der Waals surface area contributed by atoms with E-state index in [1.54, 1.807) is 0 Å². The summed E-state index contributed by atoms with van der Waals surface area (Å²) in [5.74, 6) is -1.44. The third kappa shape index (κ3) is 4.59. The Hall–Kier alpha value is -1.14. The van der Waals surface area contributed by atoms with Crippen LogP contribution < -0.4 is 11.1 Å². The molecule has 92 valence electrons. The lowest BCUT2D eigenvalue weighted by molar-refractivity contribution is -0.139. The lowest BCUT2D eigenvalue weighted by atomic mass is 10.2. The minimum atomic E-state index is -1.05. The third-order valence-electron chi connectivity index (χ3n) is 2.66. The molecule has 1 aliphatic heterocycles. The summed E-state index contributed by atoms with van der Waals surface area (Å²) in [6.07, 6.45) is 2.11. The van der Waals surface area contributed by atoms with Crippen LogP contribution >= 0.6 is 0 Å². The molecule has 1 rings (SSSR count). The summed E-state index contributed by atoms with van der Waals surface area (Å²) in [5.41, 5.74) is 5.41. The molecule has 1 atom stereocenters. The van der Waals surface area contributed by atoms with Gasteiger partial charge >= 0.3 is 5.97 Å². The number of nitrogens with zero attached hydrogens (tertiary/aromatic N) is 1. The molecule has 0 aliphatic carbocycles. The number of nitrogens with two attached hydrogens (primary N) is 1. The summed E-state index contributed by atoms with van der Waals surface area (Å²) >= 11 is 0. The van der Waals surface area contributed by atoms with Gasteiger partial charge in [-0.3, -0.25) is 9.59 Å². The van der Waals surface area contributed by atoms with Crippen LogP contribution in [0.3, 0.4) is 0 Å². The quantitative estimate of drug-likeness (QED) is 0.543. The van der Waals surface area contributed by atoms with Crippen molar-refractivity contribution < 1.29 is 14.7 Å². The molecule has 0 aromatic carbocycles. The van der Waals surface area contributed by atoms with Crippen molar-refractivity contribution >= 4 is 11.9 Å². The molecular weight excluding hydrogens is 210 g/mol. The predicted molar refractivity (Wildman–Crippen MR) is 58.9 cm³/mol. The summed E-state index contributed by atoms with van der Waals surface area (Å²) < 4.78 is 0. The SMILES string of the molecule is NC(CC(=O)O)C(=O)NCCN1CCCC1. The van der Waals surface area contributed by atoms with E-state index in [1.165, 1.54) is 12.8 Å². The maximum Gasteiger partial charge on any atom is 0.305 e. The zero-order valence-electron chi connectivity index (χ0n) is 9.32. The highest BCUT2D eigenvalue weighted by molar-refractivity contribution is 5.85. The molecule has 16 heavy (non-hydrogen) atoms. The third-order valence-corrected chi connectivity index (χ3v) is 2.66. The van der Waals surface area contributed by atoms with Crippen LogP contribution in [0.15, 0.2) is 0 Å². The molecule has 4 N–H and O–H groups in total. The Bertz CT molecular complexity index is 252. The van der Waals surface area contributed by atoms with Crippen molar-refractivity contribution in [3.05, 3.63) is 0 Å². The van der Waals surface area contributed by atoms with Crippen LogP contribution in [0.2, 0.25) is 0 Å². The summed E-state index contributed by atoms with van der Waals surface area (Å²) in [7, 11) is 0. The fourth-order valence-electron chi connectivity index (χ4n) is 1.76. The monoisotopic (exact) mass is 229 g/mol. The van der Waals surface area contributed by atoms with E-state index in [9.17, 15) is 9.59 Å². The van der Waals surface area contributed by atoms with Gasteiger partial charge < -0.3 is 21.1 Å².